The van der Waals surface area contributed by atoms with E-state index in [0.29, 0.717) is 12.0 Å². The van der Waals surface area contributed by atoms with Crippen LogP contribution in [0.1, 0.15) is 33.6 Å². The van der Waals surface area contributed by atoms with Gasteiger partial charge in [0.05, 0.1) is 14.2 Å². The molecular weight excluding hydrogens is 250 g/mol. The van der Waals surface area contributed by atoms with Gasteiger partial charge in [-0.3, -0.25) is 4.79 Å². The van der Waals surface area contributed by atoms with Gasteiger partial charge in [-0.2, -0.15) is 5.26 Å². The molecule has 4 heteroatoms. The molecule has 0 radical (unpaired) electrons. The number of fused-ring (bicyclic) bond motifs is 1. The minimum atomic E-state index is 0.188. The van der Waals surface area contributed by atoms with Crippen LogP contribution in [0.25, 0.3) is 0 Å². The number of halogens is 1. The summed E-state index contributed by atoms with van der Waals surface area (Å²) in [6.45, 7) is 0. The van der Waals surface area contributed by atoms with Crippen molar-refractivity contribution in [1.82, 2.24) is 0 Å². The highest BCUT2D eigenvalue weighted by Crippen LogP contribution is 2.36. The van der Waals surface area contributed by atoms with Crippen molar-refractivity contribution in [3.8, 4) is 6.07 Å². The van der Waals surface area contributed by atoms with Crippen LogP contribution in [0.4, 0.5) is 0 Å². The molecule has 2 nitrogen and oxygen atoms in total. The highest BCUT2D eigenvalue weighted by atomic mass is 79.9. The first kappa shape index (κ1) is 8.92. The normalized spacial score (nSPS) is 15.2. The third kappa shape index (κ3) is 1.32. The third-order valence-electron chi connectivity index (χ3n) is 2.16. The molecule has 0 N–H and O–H groups in total. The maximum Gasteiger partial charge on any atom is 0.173 e. The average molecular weight is 256 g/mol. The van der Waals surface area contributed by atoms with E-state index < -0.39 is 0 Å². The summed E-state index contributed by atoms with van der Waals surface area (Å²) >= 11 is 4.70. The van der Waals surface area contributed by atoms with Crippen LogP contribution in [0, 0.1) is 11.3 Å². The maximum atomic E-state index is 11.4. The lowest BCUT2D eigenvalue weighted by Crippen LogP contribution is -2.07. The smallest absolute Gasteiger partial charge is 0.173 e. The van der Waals surface area contributed by atoms with Gasteiger partial charge in [0, 0.05) is 6.42 Å². The van der Waals surface area contributed by atoms with E-state index in [0.717, 1.165) is 27.1 Å². The van der Waals surface area contributed by atoms with Crippen LogP contribution in [0.15, 0.2) is 3.79 Å². The molecule has 0 amide bonds. The summed E-state index contributed by atoms with van der Waals surface area (Å²) < 4.78 is 0.801. The van der Waals surface area contributed by atoms with Gasteiger partial charge >= 0.3 is 0 Å². The van der Waals surface area contributed by atoms with E-state index in [1.54, 1.807) is 0 Å². The molecule has 0 atom stereocenters. The van der Waals surface area contributed by atoms with Crippen LogP contribution in [0.3, 0.4) is 0 Å². The van der Waals surface area contributed by atoms with E-state index in [1.807, 2.05) is 0 Å². The fourth-order valence-corrected chi connectivity index (χ4v) is 3.36. The lowest BCUT2D eigenvalue weighted by molar-refractivity contribution is 0.0977. The van der Waals surface area contributed by atoms with Crippen LogP contribution in [0.2, 0.25) is 0 Å². The van der Waals surface area contributed by atoms with E-state index in [1.165, 1.54) is 11.3 Å². The number of rotatable bonds is 0. The zero-order chi connectivity index (χ0) is 9.42. The molecule has 0 bridgehead atoms. The van der Waals surface area contributed by atoms with Gasteiger partial charge in [0.15, 0.2) is 5.78 Å². The molecule has 0 aromatic carbocycles. The summed E-state index contributed by atoms with van der Waals surface area (Å²) in [5.74, 6) is 0.188. The molecule has 0 aliphatic heterocycles. The lowest BCUT2D eigenvalue weighted by Gasteiger charge is -2.08. The zero-order valence-electron chi connectivity index (χ0n) is 6.76. The fourth-order valence-electron chi connectivity index (χ4n) is 1.55. The summed E-state index contributed by atoms with van der Waals surface area (Å²) in [6.07, 6.45) is 2.38. The Balaban J connectivity index is 2.64. The van der Waals surface area contributed by atoms with Gasteiger partial charge in [-0.25, -0.2) is 0 Å². The minimum Gasteiger partial charge on any atom is -0.293 e. The highest BCUT2D eigenvalue weighted by molar-refractivity contribution is 9.11. The molecule has 1 aliphatic rings. The molecule has 1 aliphatic carbocycles. The molecule has 0 spiro atoms. The number of Topliss-reactive ketones (excluding diaryl/α,β-unsaturated/α-hetero) is 1. The highest BCUT2D eigenvalue weighted by Gasteiger charge is 2.24. The second-order valence-corrected chi connectivity index (χ2v) is 5.29. The van der Waals surface area contributed by atoms with Crippen LogP contribution in [-0.4, -0.2) is 5.78 Å². The Labute approximate surface area is 88.3 Å². The largest absolute Gasteiger partial charge is 0.293 e. The number of hydrogen-bond acceptors (Lipinski definition) is 3. The molecule has 1 heterocycles. The Morgan fingerprint density at radius 3 is 2.92 bits per heavy atom. The standard InChI is InChI=1S/C9H6BrNOS/c10-9-6(4-11)5-2-1-3-7(12)8(5)13-9/h1-3H2. The number of nitriles is 1. The Bertz CT molecular complexity index is 416. The van der Waals surface area contributed by atoms with Gasteiger partial charge in [0.2, 0.25) is 0 Å². The van der Waals surface area contributed by atoms with E-state index >= 15 is 0 Å². The first-order chi connectivity index (χ1) is 6.24. The van der Waals surface area contributed by atoms with E-state index in [-0.39, 0.29) is 5.78 Å². The van der Waals surface area contributed by atoms with Gasteiger partial charge in [-0.1, -0.05) is 0 Å². The number of nitrogens with zero attached hydrogens (tertiary/aromatic N) is 1. The van der Waals surface area contributed by atoms with Crippen molar-refractivity contribution in [2.45, 2.75) is 19.3 Å². The van der Waals surface area contributed by atoms with Gasteiger partial charge < -0.3 is 0 Å². The predicted octanol–water partition coefficient (Wildman–Crippen LogP) is 2.90. The summed E-state index contributed by atoms with van der Waals surface area (Å²) in [7, 11) is 0. The Hall–Kier alpha value is -0.660. The summed E-state index contributed by atoms with van der Waals surface area (Å²) in [6, 6.07) is 2.14. The minimum absolute atomic E-state index is 0.188. The number of thiophene rings is 1. The summed E-state index contributed by atoms with van der Waals surface area (Å²) in [5.41, 5.74) is 1.61. The number of carbonyl (C=O) groups is 1. The average Bonchev–Trinajstić information content (AvgIpc) is 2.43. The van der Waals surface area contributed by atoms with E-state index in [9.17, 15) is 4.79 Å². The second-order valence-electron chi connectivity index (χ2n) is 2.95. The number of ketones is 1. The second kappa shape index (κ2) is 3.24. The van der Waals surface area contributed by atoms with Gasteiger partial charge in [-0.15, -0.1) is 11.3 Å². The van der Waals surface area contributed by atoms with Crippen molar-refractivity contribution in [2.24, 2.45) is 0 Å². The predicted molar refractivity (Wildman–Crippen MR) is 54.0 cm³/mol. The summed E-state index contributed by atoms with van der Waals surface area (Å²) in [4.78, 5) is 12.2. The van der Waals surface area contributed by atoms with Gasteiger partial charge in [0.25, 0.3) is 0 Å². The van der Waals surface area contributed by atoms with Gasteiger partial charge in [0.1, 0.15) is 6.07 Å². The quantitative estimate of drug-likeness (QED) is 0.716. The van der Waals surface area contributed by atoms with E-state index in [4.69, 9.17) is 5.26 Å². The van der Waals surface area contributed by atoms with Crippen molar-refractivity contribution < 1.29 is 4.79 Å². The van der Waals surface area contributed by atoms with E-state index in [2.05, 4.69) is 22.0 Å². The maximum absolute atomic E-state index is 11.4. The molecule has 0 unspecified atom stereocenters. The van der Waals surface area contributed by atoms with Crippen LogP contribution in [-0.2, 0) is 6.42 Å². The van der Waals surface area contributed by atoms with Crippen molar-refractivity contribution in [2.75, 3.05) is 0 Å². The zero-order valence-corrected chi connectivity index (χ0v) is 9.17. The van der Waals surface area contributed by atoms with Gasteiger partial charge in [-0.05, 0) is 34.3 Å². The number of carbonyl (C=O) groups excluding carboxylic acids is 1. The lowest BCUT2D eigenvalue weighted by atomic mass is 9.95. The molecule has 0 fully saturated rings. The monoisotopic (exact) mass is 255 g/mol. The molecular formula is C9H6BrNOS. The Morgan fingerprint density at radius 2 is 2.23 bits per heavy atom. The Kier molecular flexibility index (Phi) is 2.22. The van der Waals surface area contributed by atoms with Crippen molar-refractivity contribution >= 4 is 33.0 Å². The van der Waals surface area contributed by atoms with Crippen molar-refractivity contribution in [3.63, 3.8) is 0 Å². The van der Waals surface area contributed by atoms with Crippen LogP contribution >= 0.6 is 27.3 Å². The Morgan fingerprint density at radius 1 is 1.46 bits per heavy atom. The molecule has 66 valence electrons. The van der Waals surface area contributed by atoms with Crippen LogP contribution in [0.5, 0.6) is 0 Å². The molecule has 0 saturated carbocycles. The van der Waals surface area contributed by atoms with Crippen molar-refractivity contribution in [3.05, 3.63) is 19.8 Å². The fraction of sp³-hybridized carbons (Fsp3) is 0.333. The first-order valence-electron chi connectivity index (χ1n) is 3.98. The molecule has 13 heavy (non-hydrogen) atoms. The molecule has 2 rings (SSSR count). The van der Waals surface area contributed by atoms with Crippen LogP contribution < -0.4 is 0 Å². The number of hydrogen-bond donors (Lipinski definition) is 0. The topological polar surface area (TPSA) is 40.9 Å². The molecule has 1 aromatic heterocycles. The van der Waals surface area contributed by atoms with Crippen molar-refractivity contribution in [1.29, 1.82) is 5.26 Å². The third-order valence-corrected chi connectivity index (χ3v) is 4.10. The molecule has 1 aromatic rings. The molecule has 0 saturated heterocycles. The summed E-state index contributed by atoms with van der Waals surface area (Å²) in [5, 5.41) is 8.86. The first-order valence-corrected chi connectivity index (χ1v) is 5.59. The SMILES string of the molecule is N#Cc1c(Br)sc2c1CCCC2=O.